The van der Waals surface area contributed by atoms with Gasteiger partial charge in [-0.15, -0.1) is 0 Å². The third-order valence-corrected chi connectivity index (χ3v) is 3.77. The van der Waals surface area contributed by atoms with Gasteiger partial charge in [0.2, 0.25) is 0 Å². The maximum Gasteiger partial charge on any atom is 0.0994 e. The summed E-state index contributed by atoms with van der Waals surface area (Å²) in [6, 6.07) is 6.00. The van der Waals surface area contributed by atoms with Crippen LogP contribution in [0.1, 0.15) is 11.1 Å². The number of aromatic amines is 1. The Bertz CT molecular complexity index is 858. The number of nitrogens with zero attached hydrogens (tertiary/aromatic N) is 2. The number of halogens is 1. The number of nitriles is 1. The van der Waals surface area contributed by atoms with Crippen LogP contribution in [0.4, 0.5) is 5.69 Å². The Kier molecular flexibility index (Phi) is 2.85. The molecule has 2 aromatic heterocycles. The summed E-state index contributed by atoms with van der Waals surface area (Å²) in [5, 5.41) is 10.6. The summed E-state index contributed by atoms with van der Waals surface area (Å²) in [6.45, 7) is 1.91. The standard InChI is InChI=1S/C15H11ClN4/c1-8-2-14-10(3-9(8)4-17)11(6-20-14)12-5-19-7-13(18)15(12)16/h2-3,5-7,20H,18H2,1H3. The molecule has 0 radical (unpaired) electrons. The van der Waals surface area contributed by atoms with Gasteiger partial charge in [0.15, 0.2) is 0 Å². The van der Waals surface area contributed by atoms with Crippen LogP contribution in [-0.2, 0) is 0 Å². The molecule has 0 unspecified atom stereocenters. The van der Waals surface area contributed by atoms with Crippen LogP contribution in [-0.4, -0.2) is 9.97 Å². The normalized spacial score (nSPS) is 10.7. The van der Waals surface area contributed by atoms with Crippen molar-refractivity contribution in [3.63, 3.8) is 0 Å². The van der Waals surface area contributed by atoms with E-state index in [9.17, 15) is 0 Å². The van der Waals surface area contributed by atoms with E-state index in [1.807, 2.05) is 25.3 Å². The van der Waals surface area contributed by atoms with Gasteiger partial charge in [0.1, 0.15) is 0 Å². The second kappa shape index (κ2) is 4.55. The zero-order valence-corrected chi connectivity index (χ0v) is 11.5. The largest absolute Gasteiger partial charge is 0.396 e. The molecule has 0 aliphatic heterocycles. The van der Waals surface area contributed by atoms with Gasteiger partial charge in [0, 0.05) is 34.4 Å². The Morgan fingerprint density at radius 2 is 2.10 bits per heavy atom. The van der Waals surface area contributed by atoms with Crippen molar-refractivity contribution >= 4 is 28.2 Å². The van der Waals surface area contributed by atoms with Crippen molar-refractivity contribution < 1.29 is 0 Å². The molecule has 0 aliphatic rings. The Balaban J connectivity index is 2.33. The van der Waals surface area contributed by atoms with Gasteiger partial charge in [-0.2, -0.15) is 5.26 Å². The van der Waals surface area contributed by atoms with E-state index < -0.39 is 0 Å². The fourth-order valence-corrected chi connectivity index (χ4v) is 2.47. The predicted molar refractivity (Wildman–Crippen MR) is 80.4 cm³/mol. The number of nitrogens with two attached hydrogens (primary N) is 1. The number of aryl methyl sites for hydroxylation is 1. The van der Waals surface area contributed by atoms with E-state index in [2.05, 4.69) is 16.0 Å². The lowest BCUT2D eigenvalue weighted by molar-refractivity contribution is 1.33. The fourth-order valence-electron chi connectivity index (χ4n) is 2.27. The van der Waals surface area contributed by atoms with Gasteiger partial charge in [-0.05, 0) is 24.6 Å². The van der Waals surface area contributed by atoms with E-state index >= 15 is 0 Å². The third-order valence-electron chi connectivity index (χ3n) is 3.34. The van der Waals surface area contributed by atoms with Crippen molar-refractivity contribution in [1.29, 1.82) is 5.26 Å². The van der Waals surface area contributed by atoms with E-state index in [0.29, 0.717) is 16.3 Å². The van der Waals surface area contributed by atoms with E-state index in [-0.39, 0.29) is 0 Å². The SMILES string of the molecule is Cc1cc2[nH]cc(-c3cncc(N)c3Cl)c2cc1C#N. The Morgan fingerprint density at radius 1 is 1.30 bits per heavy atom. The van der Waals surface area contributed by atoms with Crippen LogP contribution >= 0.6 is 11.6 Å². The number of aromatic nitrogens is 2. The number of H-pyrrole nitrogens is 1. The minimum absolute atomic E-state index is 0.436. The number of anilines is 1. The molecular weight excluding hydrogens is 272 g/mol. The van der Waals surface area contributed by atoms with Crippen LogP contribution in [0.15, 0.2) is 30.7 Å². The Labute approximate surface area is 120 Å². The highest BCUT2D eigenvalue weighted by atomic mass is 35.5. The molecule has 1 aromatic carbocycles. The molecule has 0 aliphatic carbocycles. The number of nitrogen functional groups attached to an aromatic ring is 1. The van der Waals surface area contributed by atoms with Crippen molar-refractivity contribution in [3.8, 4) is 17.2 Å². The summed E-state index contributed by atoms with van der Waals surface area (Å²) in [7, 11) is 0. The molecule has 0 amide bonds. The number of hydrogen-bond acceptors (Lipinski definition) is 3. The maximum absolute atomic E-state index is 9.16. The average molecular weight is 283 g/mol. The summed E-state index contributed by atoms with van der Waals surface area (Å²) in [6.07, 6.45) is 5.05. The molecule has 4 nitrogen and oxygen atoms in total. The summed E-state index contributed by atoms with van der Waals surface area (Å²) in [4.78, 5) is 7.27. The fraction of sp³-hybridized carbons (Fsp3) is 0.0667. The minimum Gasteiger partial charge on any atom is -0.396 e. The molecule has 5 heteroatoms. The molecule has 2 heterocycles. The highest BCUT2D eigenvalue weighted by Crippen LogP contribution is 2.36. The summed E-state index contributed by atoms with van der Waals surface area (Å²) >= 11 is 6.25. The zero-order valence-electron chi connectivity index (χ0n) is 10.7. The van der Waals surface area contributed by atoms with Crippen molar-refractivity contribution in [3.05, 3.63) is 46.9 Å². The number of hydrogen-bond donors (Lipinski definition) is 2. The van der Waals surface area contributed by atoms with Gasteiger partial charge in [0.05, 0.1) is 28.5 Å². The molecule has 0 saturated heterocycles. The third kappa shape index (κ3) is 1.80. The zero-order chi connectivity index (χ0) is 14.3. The first-order valence-corrected chi connectivity index (χ1v) is 6.41. The molecule has 20 heavy (non-hydrogen) atoms. The first kappa shape index (κ1) is 12.5. The summed E-state index contributed by atoms with van der Waals surface area (Å²) in [5.74, 6) is 0. The summed E-state index contributed by atoms with van der Waals surface area (Å²) < 4.78 is 0. The van der Waals surface area contributed by atoms with Crippen LogP contribution in [0.5, 0.6) is 0 Å². The van der Waals surface area contributed by atoms with Crippen LogP contribution in [0.3, 0.4) is 0 Å². The lowest BCUT2D eigenvalue weighted by atomic mass is 10.0. The number of benzene rings is 1. The van der Waals surface area contributed by atoms with Gasteiger partial charge < -0.3 is 10.7 Å². The van der Waals surface area contributed by atoms with E-state index in [0.717, 1.165) is 27.6 Å². The molecule has 0 fully saturated rings. The first-order valence-electron chi connectivity index (χ1n) is 6.03. The van der Waals surface area contributed by atoms with Crippen LogP contribution in [0, 0.1) is 18.3 Å². The van der Waals surface area contributed by atoms with E-state index in [4.69, 9.17) is 22.6 Å². The highest BCUT2D eigenvalue weighted by Gasteiger charge is 2.13. The number of nitrogens with one attached hydrogen (secondary N) is 1. The second-order valence-corrected chi connectivity index (χ2v) is 5.00. The molecule has 0 spiro atoms. The van der Waals surface area contributed by atoms with Crippen LogP contribution < -0.4 is 5.73 Å². The molecule has 0 saturated carbocycles. The van der Waals surface area contributed by atoms with Crippen LogP contribution in [0.25, 0.3) is 22.0 Å². The number of pyridine rings is 1. The number of fused-ring (bicyclic) bond motifs is 1. The second-order valence-electron chi connectivity index (χ2n) is 4.62. The minimum atomic E-state index is 0.436. The maximum atomic E-state index is 9.16. The monoisotopic (exact) mass is 282 g/mol. The molecule has 0 atom stereocenters. The van der Waals surface area contributed by atoms with E-state index in [1.165, 1.54) is 6.20 Å². The quantitative estimate of drug-likeness (QED) is 0.715. The van der Waals surface area contributed by atoms with Crippen molar-refractivity contribution in [2.24, 2.45) is 0 Å². The van der Waals surface area contributed by atoms with Crippen molar-refractivity contribution in [2.75, 3.05) is 5.73 Å². The predicted octanol–water partition coefficient (Wildman–Crippen LogP) is 3.65. The van der Waals surface area contributed by atoms with Crippen molar-refractivity contribution in [2.45, 2.75) is 6.92 Å². The smallest absolute Gasteiger partial charge is 0.0994 e. The van der Waals surface area contributed by atoms with Crippen LogP contribution in [0.2, 0.25) is 5.02 Å². The van der Waals surface area contributed by atoms with Gasteiger partial charge in [-0.3, -0.25) is 4.98 Å². The number of rotatable bonds is 1. The van der Waals surface area contributed by atoms with Gasteiger partial charge in [0.25, 0.3) is 0 Å². The van der Waals surface area contributed by atoms with E-state index in [1.54, 1.807) is 6.20 Å². The van der Waals surface area contributed by atoms with Gasteiger partial charge >= 0.3 is 0 Å². The summed E-state index contributed by atoms with van der Waals surface area (Å²) in [5.41, 5.74) is 10.4. The molecule has 3 aromatic rings. The topological polar surface area (TPSA) is 78.5 Å². The van der Waals surface area contributed by atoms with Gasteiger partial charge in [-0.25, -0.2) is 0 Å². The van der Waals surface area contributed by atoms with Gasteiger partial charge in [-0.1, -0.05) is 11.6 Å². The lowest BCUT2D eigenvalue weighted by Gasteiger charge is -2.05. The highest BCUT2D eigenvalue weighted by molar-refractivity contribution is 6.36. The average Bonchev–Trinajstić information content (AvgIpc) is 2.83. The first-order chi connectivity index (χ1) is 9.61. The molecular formula is C15H11ClN4. The molecule has 3 rings (SSSR count). The Hall–Kier alpha value is -2.51. The molecule has 98 valence electrons. The molecule has 3 N–H and O–H groups in total. The van der Waals surface area contributed by atoms with Crippen molar-refractivity contribution in [1.82, 2.24) is 9.97 Å². The molecule has 0 bridgehead atoms. The lowest BCUT2D eigenvalue weighted by Crippen LogP contribution is -1.90. The Morgan fingerprint density at radius 3 is 2.85 bits per heavy atom.